The number of pyridine rings is 1. The average Bonchev–Trinajstić information content (AvgIpc) is 3.50. The highest BCUT2D eigenvalue weighted by Gasteiger charge is 2.61. The molecule has 2 aliphatic carbocycles. The summed E-state index contributed by atoms with van der Waals surface area (Å²) in [4.78, 5) is 19.9. The van der Waals surface area contributed by atoms with Gasteiger partial charge in [-0.15, -0.1) is 0 Å². The first-order valence-corrected chi connectivity index (χ1v) is 11.5. The first kappa shape index (κ1) is 19.6. The van der Waals surface area contributed by atoms with Crippen molar-refractivity contribution in [2.75, 3.05) is 20.2 Å². The van der Waals surface area contributed by atoms with Crippen molar-refractivity contribution in [2.24, 2.45) is 11.3 Å². The number of methoxy groups -OCH3 is 1. The number of carbonyl (C=O) groups is 1. The molecule has 4 nitrogen and oxygen atoms in total. The summed E-state index contributed by atoms with van der Waals surface area (Å²) in [6.07, 6.45) is 7.93. The minimum atomic E-state index is 0.340. The van der Waals surface area contributed by atoms with Crippen LogP contribution in [0.5, 0.6) is 5.75 Å². The van der Waals surface area contributed by atoms with Gasteiger partial charge in [-0.2, -0.15) is 0 Å². The van der Waals surface area contributed by atoms with Crippen LogP contribution in [-0.4, -0.2) is 36.0 Å². The lowest BCUT2D eigenvalue weighted by molar-refractivity contribution is -0.135. The highest BCUT2D eigenvalue weighted by Crippen LogP contribution is 2.66. The predicted molar refractivity (Wildman–Crippen MR) is 118 cm³/mol. The standard InChI is InChI=1S/C26H32N2O2/c1-18-14-19(15-21-6-3-4-7-24(21)30-2)16-23(27-18)20-8-12-28(13-9-20)25(29)22-17-26(22)10-5-11-26/h3-4,6-7,14,16,20,22H,5,8-13,15,17H2,1-2H3. The Morgan fingerprint density at radius 2 is 1.97 bits per heavy atom. The van der Waals surface area contributed by atoms with Crippen LogP contribution in [0.4, 0.5) is 0 Å². The van der Waals surface area contributed by atoms with E-state index in [9.17, 15) is 4.79 Å². The summed E-state index contributed by atoms with van der Waals surface area (Å²) in [5.74, 6) is 2.15. The molecule has 3 fully saturated rings. The maximum absolute atomic E-state index is 12.9. The van der Waals surface area contributed by atoms with Gasteiger partial charge in [-0.1, -0.05) is 24.6 Å². The minimum absolute atomic E-state index is 0.340. The van der Waals surface area contributed by atoms with Crippen molar-refractivity contribution < 1.29 is 9.53 Å². The third kappa shape index (κ3) is 3.61. The van der Waals surface area contributed by atoms with Crippen LogP contribution in [0.1, 0.15) is 67.0 Å². The van der Waals surface area contributed by atoms with E-state index in [1.807, 2.05) is 12.1 Å². The topological polar surface area (TPSA) is 42.4 Å². The van der Waals surface area contributed by atoms with Gasteiger partial charge in [0.2, 0.25) is 5.91 Å². The molecule has 1 unspecified atom stereocenters. The van der Waals surface area contributed by atoms with Crippen LogP contribution in [0.3, 0.4) is 0 Å². The van der Waals surface area contributed by atoms with Crippen LogP contribution in [0.25, 0.3) is 0 Å². The van der Waals surface area contributed by atoms with Crippen LogP contribution in [0.2, 0.25) is 0 Å². The van der Waals surface area contributed by atoms with E-state index in [4.69, 9.17) is 9.72 Å². The summed E-state index contributed by atoms with van der Waals surface area (Å²) in [7, 11) is 1.73. The molecule has 0 bridgehead atoms. The molecule has 5 rings (SSSR count). The number of amides is 1. The van der Waals surface area contributed by atoms with Crippen molar-refractivity contribution in [1.29, 1.82) is 0 Å². The molecule has 158 valence electrons. The van der Waals surface area contributed by atoms with Crippen molar-refractivity contribution in [1.82, 2.24) is 9.88 Å². The predicted octanol–water partition coefficient (Wildman–Crippen LogP) is 4.89. The minimum Gasteiger partial charge on any atom is -0.496 e. The molecule has 1 aromatic heterocycles. The van der Waals surface area contributed by atoms with Gasteiger partial charge in [-0.3, -0.25) is 9.78 Å². The van der Waals surface area contributed by atoms with Crippen LogP contribution in [0, 0.1) is 18.3 Å². The van der Waals surface area contributed by atoms with Gasteiger partial charge >= 0.3 is 0 Å². The molecular formula is C26H32N2O2. The van der Waals surface area contributed by atoms with Gasteiger partial charge in [-0.05, 0) is 73.8 Å². The van der Waals surface area contributed by atoms with Gasteiger partial charge < -0.3 is 9.64 Å². The second kappa shape index (κ2) is 7.72. The van der Waals surface area contributed by atoms with Crippen LogP contribution in [-0.2, 0) is 11.2 Å². The smallest absolute Gasteiger partial charge is 0.226 e. The summed E-state index contributed by atoms with van der Waals surface area (Å²) in [5, 5.41) is 0. The van der Waals surface area contributed by atoms with Gasteiger partial charge in [0.05, 0.1) is 7.11 Å². The SMILES string of the molecule is COc1ccccc1Cc1cc(C)nc(C2CCN(C(=O)C3CC34CCC4)CC2)c1. The molecule has 0 radical (unpaired) electrons. The average molecular weight is 405 g/mol. The van der Waals surface area contributed by atoms with Gasteiger partial charge in [0.1, 0.15) is 5.75 Å². The van der Waals surface area contributed by atoms with Gasteiger partial charge in [0.25, 0.3) is 0 Å². The molecule has 1 saturated heterocycles. The number of aromatic nitrogens is 1. The first-order valence-electron chi connectivity index (χ1n) is 11.5. The molecule has 3 aliphatic rings. The third-order valence-corrected chi connectivity index (χ3v) is 7.68. The Balaban J connectivity index is 1.25. The number of ether oxygens (including phenoxy) is 1. The summed E-state index contributed by atoms with van der Waals surface area (Å²) in [6.45, 7) is 3.85. The fourth-order valence-corrected chi connectivity index (χ4v) is 5.64. The Hall–Kier alpha value is -2.36. The Kier molecular flexibility index (Phi) is 5.04. The Labute approximate surface area is 179 Å². The molecule has 2 saturated carbocycles. The lowest BCUT2D eigenvalue weighted by atomic mass is 9.79. The van der Waals surface area contributed by atoms with Crippen molar-refractivity contribution in [3.8, 4) is 5.75 Å². The van der Waals surface area contributed by atoms with Crippen LogP contribution < -0.4 is 4.74 Å². The van der Waals surface area contributed by atoms with E-state index >= 15 is 0 Å². The Morgan fingerprint density at radius 1 is 1.20 bits per heavy atom. The highest BCUT2D eigenvalue weighted by molar-refractivity contribution is 5.83. The molecule has 1 spiro atoms. The lowest BCUT2D eigenvalue weighted by Crippen LogP contribution is -2.40. The monoisotopic (exact) mass is 404 g/mol. The summed E-state index contributed by atoms with van der Waals surface area (Å²) < 4.78 is 5.53. The molecule has 0 N–H and O–H groups in total. The number of aryl methyl sites for hydroxylation is 1. The van der Waals surface area contributed by atoms with Crippen LogP contribution >= 0.6 is 0 Å². The van der Waals surface area contributed by atoms with E-state index in [0.29, 0.717) is 23.2 Å². The van der Waals surface area contributed by atoms with Crippen molar-refractivity contribution in [3.05, 3.63) is 58.9 Å². The van der Waals surface area contributed by atoms with E-state index in [1.165, 1.54) is 36.1 Å². The fourth-order valence-electron chi connectivity index (χ4n) is 5.64. The Bertz CT molecular complexity index is 942. The second-order valence-electron chi connectivity index (χ2n) is 9.60. The third-order valence-electron chi connectivity index (χ3n) is 7.68. The van der Waals surface area contributed by atoms with Gasteiger partial charge in [0.15, 0.2) is 0 Å². The molecule has 2 aromatic rings. The number of nitrogens with zero attached hydrogens (tertiary/aromatic N) is 2. The van der Waals surface area contributed by atoms with E-state index in [-0.39, 0.29) is 0 Å². The summed E-state index contributed by atoms with van der Waals surface area (Å²) in [5.41, 5.74) is 5.17. The molecule has 4 heteroatoms. The van der Waals surface area contributed by atoms with E-state index in [2.05, 4.69) is 36.1 Å². The van der Waals surface area contributed by atoms with E-state index < -0.39 is 0 Å². The van der Waals surface area contributed by atoms with E-state index in [0.717, 1.165) is 50.2 Å². The fraction of sp³-hybridized carbons (Fsp3) is 0.538. The summed E-state index contributed by atoms with van der Waals surface area (Å²) in [6, 6.07) is 12.7. The number of benzene rings is 1. The van der Waals surface area contributed by atoms with Gasteiger partial charge in [-0.25, -0.2) is 0 Å². The number of hydrogen-bond acceptors (Lipinski definition) is 3. The number of para-hydroxylation sites is 1. The summed E-state index contributed by atoms with van der Waals surface area (Å²) >= 11 is 0. The molecular weight excluding hydrogens is 372 g/mol. The Morgan fingerprint density at radius 3 is 2.63 bits per heavy atom. The molecule has 1 amide bonds. The lowest BCUT2D eigenvalue weighted by Gasteiger charge is -2.34. The van der Waals surface area contributed by atoms with Gasteiger partial charge in [0, 0.05) is 42.7 Å². The zero-order valence-corrected chi connectivity index (χ0v) is 18.2. The van der Waals surface area contributed by atoms with Crippen molar-refractivity contribution in [3.63, 3.8) is 0 Å². The van der Waals surface area contributed by atoms with E-state index in [1.54, 1.807) is 7.11 Å². The number of likely N-dealkylation sites (tertiary alicyclic amines) is 1. The first-order chi connectivity index (χ1) is 14.6. The maximum atomic E-state index is 12.9. The molecule has 1 atom stereocenters. The normalized spacial score (nSPS) is 22.6. The largest absolute Gasteiger partial charge is 0.496 e. The number of hydrogen-bond donors (Lipinski definition) is 0. The highest BCUT2D eigenvalue weighted by atomic mass is 16.5. The zero-order valence-electron chi connectivity index (χ0n) is 18.2. The molecule has 1 aromatic carbocycles. The molecule has 2 heterocycles. The molecule has 1 aliphatic heterocycles. The zero-order chi connectivity index (χ0) is 20.7. The maximum Gasteiger partial charge on any atom is 0.226 e. The quantitative estimate of drug-likeness (QED) is 0.713. The molecule has 30 heavy (non-hydrogen) atoms. The second-order valence-corrected chi connectivity index (χ2v) is 9.60. The number of rotatable bonds is 5. The van der Waals surface area contributed by atoms with Crippen molar-refractivity contribution in [2.45, 2.75) is 57.8 Å². The van der Waals surface area contributed by atoms with Crippen molar-refractivity contribution >= 4 is 5.91 Å². The number of carbonyl (C=O) groups excluding carboxylic acids is 1. The van der Waals surface area contributed by atoms with Crippen LogP contribution in [0.15, 0.2) is 36.4 Å². The number of piperidine rings is 1.